The van der Waals surface area contributed by atoms with Gasteiger partial charge in [-0.3, -0.25) is 9.69 Å². The second-order valence-electron chi connectivity index (χ2n) is 7.60. The Morgan fingerprint density at radius 1 is 1.19 bits per heavy atom. The van der Waals surface area contributed by atoms with E-state index in [0.29, 0.717) is 12.3 Å². The highest BCUT2D eigenvalue weighted by molar-refractivity contribution is 5.75. The van der Waals surface area contributed by atoms with Crippen LogP contribution in [0.5, 0.6) is 0 Å². The molecule has 3 heterocycles. The van der Waals surface area contributed by atoms with Crippen molar-refractivity contribution >= 4 is 5.91 Å². The van der Waals surface area contributed by atoms with Gasteiger partial charge in [0.05, 0.1) is 12.6 Å². The fourth-order valence-corrected chi connectivity index (χ4v) is 4.00. The number of aliphatic hydroxyl groups excluding tert-OH is 1. The summed E-state index contributed by atoms with van der Waals surface area (Å²) >= 11 is 0. The highest BCUT2D eigenvalue weighted by atomic mass is 16.3. The number of aromatic nitrogens is 3. The van der Waals surface area contributed by atoms with Crippen molar-refractivity contribution in [2.75, 3.05) is 39.8 Å². The molecule has 1 aromatic rings. The number of hydrogen-bond acceptors (Lipinski definition) is 6. The lowest BCUT2D eigenvalue weighted by Crippen LogP contribution is -2.38. The van der Waals surface area contributed by atoms with Crippen LogP contribution in [-0.2, 0) is 18.4 Å². The van der Waals surface area contributed by atoms with Crippen LogP contribution in [0, 0.1) is 0 Å². The van der Waals surface area contributed by atoms with Crippen molar-refractivity contribution in [3.63, 3.8) is 0 Å². The van der Waals surface area contributed by atoms with Crippen molar-refractivity contribution in [1.29, 1.82) is 0 Å². The molecule has 2 aliphatic rings. The number of aliphatic hydroxyl groups is 1. The number of amides is 1. The van der Waals surface area contributed by atoms with Crippen molar-refractivity contribution in [1.82, 2.24) is 29.9 Å². The van der Waals surface area contributed by atoms with Crippen molar-refractivity contribution < 1.29 is 9.90 Å². The Morgan fingerprint density at radius 2 is 1.96 bits per heavy atom. The van der Waals surface area contributed by atoms with Gasteiger partial charge in [-0.25, -0.2) is 0 Å². The van der Waals surface area contributed by atoms with E-state index in [4.69, 9.17) is 0 Å². The SMILES string of the molecule is CNC(=O)CCN1CCC[C@@H](c2nnc(CN3CCC(O)CC3)n2C)C1. The number of piperidine rings is 2. The molecule has 0 aliphatic carbocycles. The van der Waals surface area contributed by atoms with Gasteiger partial charge in [0.2, 0.25) is 5.91 Å². The Morgan fingerprint density at radius 3 is 2.69 bits per heavy atom. The summed E-state index contributed by atoms with van der Waals surface area (Å²) in [4.78, 5) is 16.2. The average Bonchev–Trinajstić information content (AvgIpc) is 3.02. The van der Waals surface area contributed by atoms with Crippen LogP contribution in [0.2, 0.25) is 0 Å². The van der Waals surface area contributed by atoms with Crippen molar-refractivity contribution in [2.45, 2.75) is 50.7 Å². The Kier molecular flexibility index (Phi) is 6.61. The zero-order chi connectivity index (χ0) is 18.5. The summed E-state index contributed by atoms with van der Waals surface area (Å²) in [6, 6.07) is 0. The predicted octanol–water partition coefficient (Wildman–Crippen LogP) is 0.0873. The van der Waals surface area contributed by atoms with Gasteiger partial charge in [0.15, 0.2) is 0 Å². The molecule has 1 aromatic heterocycles. The first kappa shape index (κ1) is 19.3. The van der Waals surface area contributed by atoms with Crippen LogP contribution >= 0.6 is 0 Å². The third-order valence-corrected chi connectivity index (χ3v) is 5.73. The second-order valence-corrected chi connectivity index (χ2v) is 7.60. The van der Waals surface area contributed by atoms with Crippen LogP contribution in [0.25, 0.3) is 0 Å². The van der Waals surface area contributed by atoms with Gasteiger partial charge in [-0.15, -0.1) is 10.2 Å². The first-order valence-electron chi connectivity index (χ1n) is 9.78. The van der Waals surface area contributed by atoms with Gasteiger partial charge in [-0.1, -0.05) is 0 Å². The minimum atomic E-state index is -0.149. The molecule has 146 valence electrons. The Bertz CT molecular complexity index is 597. The van der Waals surface area contributed by atoms with E-state index in [1.807, 2.05) is 0 Å². The van der Waals surface area contributed by atoms with Gasteiger partial charge < -0.3 is 19.9 Å². The highest BCUT2D eigenvalue weighted by Gasteiger charge is 2.27. The molecule has 0 radical (unpaired) electrons. The highest BCUT2D eigenvalue weighted by Crippen LogP contribution is 2.26. The van der Waals surface area contributed by atoms with E-state index in [1.165, 1.54) is 0 Å². The first-order valence-corrected chi connectivity index (χ1v) is 9.78. The standard InChI is InChI=1S/C18H32N6O2/c1-19-17(26)7-11-23-8-3-4-14(12-23)18-21-20-16(22(18)2)13-24-9-5-15(25)6-10-24/h14-15,25H,3-13H2,1-2H3,(H,19,26)/t14-/m1/s1. The van der Waals surface area contributed by atoms with E-state index in [-0.39, 0.29) is 12.0 Å². The summed E-state index contributed by atoms with van der Waals surface area (Å²) in [6.07, 6.45) is 4.34. The third-order valence-electron chi connectivity index (χ3n) is 5.73. The molecule has 0 aromatic carbocycles. The van der Waals surface area contributed by atoms with Crippen LogP contribution in [0.1, 0.15) is 49.7 Å². The molecule has 2 aliphatic heterocycles. The number of nitrogens with zero attached hydrogens (tertiary/aromatic N) is 5. The molecule has 0 bridgehead atoms. The lowest BCUT2D eigenvalue weighted by atomic mass is 9.97. The molecule has 2 fully saturated rings. The number of nitrogens with one attached hydrogen (secondary N) is 1. The molecule has 2 saturated heterocycles. The number of hydrogen-bond donors (Lipinski definition) is 2. The summed E-state index contributed by atoms with van der Waals surface area (Å²) in [5.74, 6) is 2.53. The smallest absolute Gasteiger partial charge is 0.221 e. The number of carbonyl (C=O) groups excluding carboxylic acids is 1. The third kappa shape index (κ3) is 4.81. The monoisotopic (exact) mass is 364 g/mol. The summed E-state index contributed by atoms with van der Waals surface area (Å²) < 4.78 is 2.15. The molecule has 8 heteroatoms. The minimum absolute atomic E-state index is 0.0970. The summed E-state index contributed by atoms with van der Waals surface area (Å²) in [5, 5.41) is 21.3. The van der Waals surface area contributed by atoms with Crippen LogP contribution in [0.15, 0.2) is 0 Å². The van der Waals surface area contributed by atoms with Crippen LogP contribution in [0.3, 0.4) is 0 Å². The van der Waals surface area contributed by atoms with E-state index < -0.39 is 0 Å². The maximum absolute atomic E-state index is 11.5. The topological polar surface area (TPSA) is 86.5 Å². The lowest BCUT2D eigenvalue weighted by molar-refractivity contribution is -0.121. The van der Waals surface area contributed by atoms with Gasteiger partial charge in [0, 0.05) is 52.6 Å². The van der Waals surface area contributed by atoms with Crippen molar-refractivity contribution in [3.8, 4) is 0 Å². The van der Waals surface area contributed by atoms with Gasteiger partial charge in [0.25, 0.3) is 0 Å². The van der Waals surface area contributed by atoms with E-state index in [0.717, 1.165) is 76.6 Å². The van der Waals surface area contributed by atoms with Gasteiger partial charge in [-0.05, 0) is 32.2 Å². The zero-order valence-electron chi connectivity index (χ0n) is 16.0. The summed E-state index contributed by atoms with van der Waals surface area (Å²) in [5.41, 5.74) is 0. The van der Waals surface area contributed by atoms with E-state index in [2.05, 4.69) is 36.9 Å². The summed E-state index contributed by atoms with van der Waals surface area (Å²) in [7, 11) is 3.75. The van der Waals surface area contributed by atoms with Gasteiger partial charge in [-0.2, -0.15) is 0 Å². The van der Waals surface area contributed by atoms with Gasteiger partial charge >= 0.3 is 0 Å². The quantitative estimate of drug-likeness (QED) is 0.744. The maximum atomic E-state index is 11.5. The van der Waals surface area contributed by atoms with Crippen molar-refractivity contribution in [3.05, 3.63) is 11.6 Å². The molecule has 1 amide bonds. The predicted molar refractivity (Wildman–Crippen MR) is 98.6 cm³/mol. The van der Waals surface area contributed by atoms with E-state index in [1.54, 1.807) is 7.05 Å². The van der Waals surface area contributed by atoms with Crippen LogP contribution in [-0.4, -0.2) is 81.5 Å². The van der Waals surface area contributed by atoms with Crippen LogP contribution < -0.4 is 5.32 Å². The molecular formula is C18H32N6O2. The Balaban J connectivity index is 1.57. The molecule has 26 heavy (non-hydrogen) atoms. The van der Waals surface area contributed by atoms with Crippen LogP contribution in [0.4, 0.5) is 0 Å². The van der Waals surface area contributed by atoms with Crippen molar-refractivity contribution in [2.24, 2.45) is 7.05 Å². The second kappa shape index (κ2) is 8.92. The lowest BCUT2D eigenvalue weighted by Gasteiger charge is -2.32. The van der Waals surface area contributed by atoms with E-state index in [9.17, 15) is 9.90 Å². The normalized spacial score (nSPS) is 23.3. The minimum Gasteiger partial charge on any atom is -0.393 e. The number of carbonyl (C=O) groups is 1. The molecule has 2 N–H and O–H groups in total. The Labute approximate surface area is 155 Å². The number of rotatable bonds is 6. The zero-order valence-corrected chi connectivity index (χ0v) is 16.0. The molecule has 0 unspecified atom stereocenters. The molecule has 1 atom stereocenters. The van der Waals surface area contributed by atoms with Gasteiger partial charge in [0.1, 0.15) is 11.6 Å². The molecule has 3 rings (SSSR count). The Hall–Kier alpha value is -1.51. The maximum Gasteiger partial charge on any atom is 0.221 e. The molecule has 0 spiro atoms. The largest absolute Gasteiger partial charge is 0.393 e. The average molecular weight is 364 g/mol. The van der Waals surface area contributed by atoms with E-state index >= 15 is 0 Å². The summed E-state index contributed by atoms with van der Waals surface area (Å²) in [6.45, 7) is 5.42. The first-order chi connectivity index (χ1) is 12.6. The number of likely N-dealkylation sites (tertiary alicyclic amines) is 2. The molecule has 8 nitrogen and oxygen atoms in total. The molecular weight excluding hydrogens is 332 g/mol. The fraction of sp³-hybridized carbons (Fsp3) is 0.833. The molecule has 0 saturated carbocycles. The fourth-order valence-electron chi connectivity index (χ4n) is 4.00.